The third-order valence-corrected chi connectivity index (χ3v) is 4.02. The fourth-order valence-electron chi connectivity index (χ4n) is 2.66. The van der Waals surface area contributed by atoms with E-state index in [1.54, 1.807) is 27.0 Å². The van der Waals surface area contributed by atoms with Gasteiger partial charge in [-0.05, 0) is 32.4 Å². The molecular weight excluding hydrogens is 350 g/mol. The van der Waals surface area contributed by atoms with Crippen LogP contribution in [-0.2, 0) is 20.7 Å². The van der Waals surface area contributed by atoms with Crippen molar-refractivity contribution >= 4 is 28.9 Å². The van der Waals surface area contributed by atoms with Gasteiger partial charge >= 0.3 is 12.1 Å². The molecule has 0 saturated carbocycles. The number of aromatic nitrogens is 1. The molecule has 0 aliphatic rings. The SMILES string of the molecule is CN(C(=O)CNC(=O)OC(C)(C)C)[C@@H](Cc1c[nH]c2ccccc12)C(=O)O. The zero-order valence-electron chi connectivity index (χ0n) is 15.9. The van der Waals surface area contributed by atoms with E-state index in [0.29, 0.717) is 0 Å². The van der Waals surface area contributed by atoms with Crippen molar-refractivity contribution in [1.29, 1.82) is 0 Å². The first kappa shape index (κ1) is 20.3. The van der Waals surface area contributed by atoms with E-state index < -0.39 is 29.6 Å². The number of benzene rings is 1. The molecule has 1 aromatic heterocycles. The van der Waals surface area contributed by atoms with Gasteiger partial charge in [-0.1, -0.05) is 18.2 Å². The van der Waals surface area contributed by atoms with Crippen molar-refractivity contribution in [2.75, 3.05) is 13.6 Å². The Morgan fingerprint density at radius 3 is 2.56 bits per heavy atom. The number of carboxylic acid groups (broad SMARTS) is 1. The van der Waals surface area contributed by atoms with E-state index in [1.165, 1.54) is 7.05 Å². The summed E-state index contributed by atoms with van der Waals surface area (Å²) in [5.41, 5.74) is 1.02. The van der Waals surface area contributed by atoms with Crippen LogP contribution in [0.5, 0.6) is 0 Å². The highest BCUT2D eigenvalue weighted by atomic mass is 16.6. The Balaban J connectivity index is 2.04. The molecule has 0 bridgehead atoms. The Hall–Kier alpha value is -3.03. The van der Waals surface area contributed by atoms with Gasteiger partial charge in [-0.3, -0.25) is 4.79 Å². The molecule has 146 valence electrons. The van der Waals surface area contributed by atoms with Crippen LogP contribution in [0.25, 0.3) is 10.9 Å². The van der Waals surface area contributed by atoms with Gasteiger partial charge in [0, 0.05) is 30.6 Å². The summed E-state index contributed by atoms with van der Waals surface area (Å²) in [6.45, 7) is 4.79. The number of para-hydroxylation sites is 1. The quantitative estimate of drug-likeness (QED) is 0.716. The number of ether oxygens (including phenoxy) is 1. The summed E-state index contributed by atoms with van der Waals surface area (Å²) in [4.78, 5) is 39.9. The topological polar surface area (TPSA) is 112 Å². The van der Waals surface area contributed by atoms with Gasteiger partial charge in [-0.2, -0.15) is 0 Å². The van der Waals surface area contributed by atoms with Crippen molar-refractivity contribution in [1.82, 2.24) is 15.2 Å². The summed E-state index contributed by atoms with van der Waals surface area (Å²) in [5.74, 6) is -1.64. The van der Waals surface area contributed by atoms with Gasteiger partial charge in [0.05, 0.1) is 0 Å². The molecule has 8 nitrogen and oxygen atoms in total. The van der Waals surface area contributed by atoms with Crippen LogP contribution in [0, 0.1) is 0 Å². The number of fused-ring (bicyclic) bond motifs is 1. The average molecular weight is 375 g/mol. The molecular formula is C19H25N3O5. The maximum absolute atomic E-state index is 12.3. The van der Waals surface area contributed by atoms with Crippen LogP contribution in [-0.4, -0.2) is 58.2 Å². The summed E-state index contributed by atoms with van der Waals surface area (Å²) < 4.78 is 5.07. The second-order valence-corrected chi connectivity index (χ2v) is 7.28. The van der Waals surface area contributed by atoms with E-state index in [2.05, 4.69) is 10.3 Å². The summed E-state index contributed by atoms with van der Waals surface area (Å²) in [6, 6.07) is 6.49. The van der Waals surface area contributed by atoms with Crippen LogP contribution < -0.4 is 5.32 Å². The van der Waals surface area contributed by atoms with Crippen molar-refractivity contribution in [2.24, 2.45) is 0 Å². The van der Waals surface area contributed by atoms with Crippen molar-refractivity contribution in [3.05, 3.63) is 36.0 Å². The number of aromatic amines is 1. The summed E-state index contributed by atoms with van der Waals surface area (Å²) >= 11 is 0. The Morgan fingerprint density at radius 1 is 1.26 bits per heavy atom. The van der Waals surface area contributed by atoms with Crippen LogP contribution >= 0.6 is 0 Å². The van der Waals surface area contributed by atoms with Crippen molar-refractivity contribution in [2.45, 2.75) is 38.8 Å². The lowest BCUT2D eigenvalue weighted by Crippen LogP contribution is -2.48. The van der Waals surface area contributed by atoms with Gasteiger partial charge in [0.1, 0.15) is 18.2 Å². The Kier molecular flexibility index (Phi) is 6.09. The molecule has 0 aliphatic heterocycles. The molecule has 1 atom stereocenters. The fourth-order valence-corrected chi connectivity index (χ4v) is 2.66. The molecule has 0 saturated heterocycles. The number of carboxylic acids is 1. The van der Waals surface area contributed by atoms with Gasteiger partial charge in [-0.25, -0.2) is 9.59 Å². The normalized spacial score (nSPS) is 12.4. The van der Waals surface area contributed by atoms with Crippen LogP contribution in [0.3, 0.4) is 0 Å². The molecule has 8 heteroatoms. The number of hydrogen-bond donors (Lipinski definition) is 3. The van der Waals surface area contributed by atoms with Crippen LogP contribution in [0.2, 0.25) is 0 Å². The van der Waals surface area contributed by atoms with E-state index >= 15 is 0 Å². The highest BCUT2D eigenvalue weighted by Gasteiger charge is 2.28. The first-order valence-corrected chi connectivity index (χ1v) is 8.59. The van der Waals surface area contributed by atoms with Crippen LogP contribution in [0.4, 0.5) is 4.79 Å². The van der Waals surface area contributed by atoms with Gasteiger partial charge < -0.3 is 25.0 Å². The number of carbonyl (C=O) groups is 3. The number of alkyl carbamates (subject to hydrolysis) is 1. The first-order chi connectivity index (χ1) is 12.6. The maximum Gasteiger partial charge on any atom is 0.408 e. The molecule has 3 N–H and O–H groups in total. The minimum Gasteiger partial charge on any atom is -0.480 e. The lowest BCUT2D eigenvalue weighted by molar-refractivity contribution is -0.148. The minimum absolute atomic E-state index is 0.147. The van der Waals surface area contributed by atoms with E-state index in [-0.39, 0.29) is 13.0 Å². The number of rotatable bonds is 6. The third-order valence-electron chi connectivity index (χ3n) is 4.02. The molecule has 0 fully saturated rings. The lowest BCUT2D eigenvalue weighted by Gasteiger charge is -2.25. The minimum atomic E-state index is -1.12. The van der Waals surface area contributed by atoms with E-state index in [0.717, 1.165) is 21.4 Å². The zero-order valence-corrected chi connectivity index (χ0v) is 15.9. The van der Waals surface area contributed by atoms with E-state index in [1.807, 2.05) is 24.3 Å². The van der Waals surface area contributed by atoms with Crippen molar-refractivity contribution < 1.29 is 24.2 Å². The van der Waals surface area contributed by atoms with Gasteiger partial charge in [0.2, 0.25) is 5.91 Å². The Bertz CT molecular complexity index is 837. The molecule has 2 rings (SSSR count). The van der Waals surface area contributed by atoms with Crippen molar-refractivity contribution in [3.8, 4) is 0 Å². The monoisotopic (exact) mass is 375 g/mol. The standard InChI is InChI=1S/C19H25N3O5/c1-19(2,3)27-18(26)21-11-16(23)22(4)15(17(24)25)9-12-10-20-14-8-6-5-7-13(12)14/h5-8,10,15,20H,9,11H2,1-4H3,(H,21,26)(H,24,25)/t15-/m0/s1. The molecule has 1 aromatic carbocycles. The molecule has 27 heavy (non-hydrogen) atoms. The number of aliphatic carboxylic acids is 1. The summed E-state index contributed by atoms with van der Waals surface area (Å²) in [7, 11) is 1.41. The average Bonchev–Trinajstić information content (AvgIpc) is 2.98. The fraction of sp³-hybridized carbons (Fsp3) is 0.421. The molecule has 0 unspecified atom stereocenters. The van der Waals surface area contributed by atoms with Crippen LogP contribution in [0.1, 0.15) is 26.3 Å². The zero-order chi connectivity index (χ0) is 20.2. The number of amides is 2. The second-order valence-electron chi connectivity index (χ2n) is 7.28. The number of likely N-dealkylation sites (N-methyl/N-ethyl adjacent to an activating group) is 1. The van der Waals surface area contributed by atoms with Crippen molar-refractivity contribution in [3.63, 3.8) is 0 Å². The predicted molar refractivity (Wildman–Crippen MR) is 100 cm³/mol. The maximum atomic E-state index is 12.3. The van der Waals surface area contributed by atoms with Gasteiger partial charge in [0.25, 0.3) is 0 Å². The van der Waals surface area contributed by atoms with Gasteiger partial charge in [0.15, 0.2) is 0 Å². The molecule has 1 heterocycles. The molecule has 2 aromatic rings. The second kappa shape index (κ2) is 8.11. The smallest absolute Gasteiger partial charge is 0.408 e. The molecule has 0 spiro atoms. The molecule has 0 radical (unpaired) electrons. The Labute approximate surface area is 157 Å². The number of nitrogens with one attached hydrogen (secondary N) is 2. The largest absolute Gasteiger partial charge is 0.480 e. The number of carbonyl (C=O) groups excluding carboxylic acids is 2. The molecule has 0 aliphatic carbocycles. The number of nitrogens with zero attached hydrogens (tertiary/aromatic N) is 1. The number of H-pyrrole nitrogens is 1. The van der Waals surface area contributed by atoms with E-state index in [4.69, 9.17) is 4.74 Å². The van der Waals surface area contributed by atoms with Crippen LogP contribution in [0.15, 0.2) is 30.5 Å². The van der Waals surface area contributed by atoms with E-state index in [9.17, 15) is 19.5 Å². The number of hydrogen-bond acceptors (Lipinski definition) is 4. The highest BCUT2D eigenvalue weighted by molar-refractivity contribution is 5.88. The summed E-state index contributed by atoms with van der Waals surface area (Å²) in [5, 5.41) is 12.8. The third kappa shape index (κ3) is 5.47. The highest BCUT2D eigenvalue weighted by Crippen LogP contribution is 2.20. The Morgan fingerprint density at radius 2 is 1.93 bits per heavy atom. The predicted octanol–water partition coefficient (Wildman–Crippen LogP) is 2.15. The lowest BCUT2D eigenvalue weighted by atomic mass is 10.0. The first-order valence-electron chi connectivity index (χ1n) is 8.59. The van der Waals surface area contributed by atoms with Gasteiger partial charge in [-0.15, -0.1) is 0 Å². The molecule has 2 amide bonds. The summed E-state index contributed by atoms with van der Waals surface area (Å²) in [6.07, 6.45) is 1.17.